The first-order valence-corrected chi connectivity index (χ1v) is 11.6. The number of hydrogen-bond donors (Lipinski definition) is 3. The number of carbonyl (C=O) groups is 4. The molecule has 32 heavy (non-hydrogen) atoms. The Hall–Kier alpha value is -2.58. The maximum Gasteiger partial charge on any atom is 0.408 e. The fourth-order valence-electron chi connectivity index (χ4n) is 4.52. The molecular weight excluding hydrogens is 414 g/mol. The lowest BCUT2D eigenvalue weighted by molar-refractivity contribution is -0.145. The second kappa shape index (κ2) is 9.50. The summed E-state index contributed by atoms with van der Waals surface area (Å²) in [5.74, 6) is -2.05. The number of alkyl carbamates (subject to hydrolysis) is 1. The molecule has 3 rings (SSSR count). The number of aliphatic carboxylic acids is 1. The number of hydrogen-bond acceptors (Lipinski definition) is 5. The zero-order valence-corrected chi connectivity index (χ0v) is 19.2. The van der Waals surface area contributed by atoms with Crippen molar-refractivity contribution < 1.29 is 29.0 Å². The predicted octanol–water partition coefficient (Wildman–Crippen LogP) is 2.35. The average Bonchev–Trinajstić information content (AvgIpc) is 3.16. The van der Waals surface area contributed by atoms with E-state index in [1.807, 2.05) is 12.2 Å². The number of nitrogens with one attached hydrogen (secondary N) is 2. The number of ether oxygens (including phenoxy) is 1. The van der Waals surface area contributed by atoms with E-state index in [-0.39, 0.29) is 11.8 Å². The largest absolute Gasteiger partial charge is 0.479 e. The minimum atomic E-state index is -1.29. The normalized spacial score (nSPS) is 32.5. The van der Waals surface area contributed by atoms with Crippen molar-refractivity contribution in [3.8, 4) is 0 Å². The molecule has 178 valence electrons. The fraction of sp³-hybridized carbons (Fsp3) is 0.739. The average molecular weight is 450 g/mol. The van der Waals surface area contributed by atoms with E-state index in [9.17, 15) is 24.3 Å². The van der Waals surface area contributed by atoms with Crippen molar-refractivity contribution >= 4 is 23.9 Å². The Morgan fingerprint density at radius 1 is 1.19 bits per heavy atom. The van der Waals surface area contributed by atoms with E-state index in [0.29, 0.717) is 32.2 Å². The van der Waals surface area contributed by atoms with Gasteiger partial charge < -0.3 is 25.4 Å². The van der Waals surface area contributed by atoms with E-state index in [1.165, 1.54) is 4.90 Å². The van der Waals surface area contributed by atoms with Gasteiger partial charge in [0.05, 0.1) is 0 Å². The molecule has 2 aliphatic heterocycles. The van der Waals surface area contributed by atoms with Crippen molar-refractivity contribution in [2.24, 2.45) is 5.92 Å². The monoisotopic (exact) mass is 449 g/mol. The molecule has 1 saturated heterocycles. The summed E-state index contributed by atoms with van der Waals surface area (Å²) in [6.07, 6.45) is 8.43. The molecule has 0 aromatic carbocycles. The Balaban J connectivity index is 1.79. The topological polar surface area (TPSA) is 125 Å². The quantitative estimate of drug-likeness (QED) is 0.556. The third-order valence-electron chi connectivity index (χ3n) is 6.30. The van der Waals surface area contributed by atoms with Gasteiger partial charge >= 0.3 is 12.1 Å². The summed E-state index contributed by atoms with van der Waals surface area (Å²) in [4.78, 5) is 52.2. The van der Waals surface area contributed by atoms with Gasteiger partial charge in [-0.05, 0) is 59.3 Å². The van der Waals surface area contributed by atoms with Crippen LogP contribution in [0.3, 0.4) is 0 Å². The molecule has 0 aromatic heterocycles. The Labute approximate surface area is 188 Å². The Morgan fingerprint density at radius 3 is 2.62 bits per heavy atom. The smallest absolute Gasteiger partial charge is 0.408 e. The molecule has 2 heterocycles. The minimum absolute atomic E-state index is 0.235. The van der Waals surface area contributed by atoms with Gasteiger partial charge in [0.25, 0.3) is 0 Å². The van der Waals surface area contributed by atoms with Crippen LogP contribution in [0.4, 0.5) is 4.79 Å². The summed E-state index contributed by atoms with van der Waals surface area (Å²) in [7, 11) is 0. The molecule has 1 aliphatic carbocycles. The van der Waals surface area contributed by atoms with Crippen LogP contribution >= 0.6 is 0 Å². The fourth-order valence-corrected chi connectivity index (χ4v) is 4.52. The van der Waals surface area contributed by atoms with Gasteiger partial charge in [0.15, 0.2) is 0 Å². The second-order valence-corrected chi connectivity index (χ2v) is 10.0. The number of fused-ring (bicyclic) bond motifs is 2. The Kier molecular flexibility index (Phi) is 7.15. The number of nitrogens with zero attached hydrogens (tertiary/aromatic N) is 1. The molecular formula is C23H35N3O6. The number of carbonyl (C=O) groups excluding carboxylic acids is 3. The van der Waals surface area contributed by atoms with Crippen molar-refractivity contribution in [3.05, 3.63) is 12.2 Å². The summed E-state index contributed by atoms with van der Waals surface area (Å²) in [6.45, 7) is 5.65. The van der Waals surface area contributed by atoms with Crippen LogP contribution in [0.1, 0.15) is 72.1 Å². The summed E-state index contributed by atoms with van der Waals surface area (Å²) in [5, 5.41) is 15.2. The Morgan fingerprint density at radius 2 is 1.94 bits per heavy atom. The van der Waals surface area contributed by atoms with E-state index in [2.05, 4.69) is 10.6 Å². The van der Waals surface area contributed by atoms with Crippen LogP contribution in [-0.2, 0) is 19.1 Å². The lowest BCUT2D eigenvalue weighted by Crippen LogP contribution is -2.56. The zero-order chi connectivity index (χ0) is 23.5. The van der Waals surface area contributed by atoms with Crippen LogP contribution in [0.5, 0.6) is 0 Å². The van der Waals surface area contributed by atoms with Crippen molar-refractivity contribution in [1.29, 1.82) is 0 Å². The molecule has 0 unspecified atom stereocenters. The number of amides is 3. The first kappa shape index (κ1) is 24.1. The summed E-state index contributed by atoms with van der Waals surface area (Å²) in [6, 6.07) is -1.53. The van der Waals surface area contributed by atoms with Gasteiger partial charge in [-0.1, -0.05) is 25.0 Å². The highest BCUT2D eigenvalue weighted by molar-refractivity contribution is 5.96. The number of allylic oxidation sites excluding steroid dienone is 1. The van der Waals surface area contributed by atoms with Gasteiger partial charge in [-0.15, -0.1) is 0 Å². The van der Waals surface area contributed by atoms with Gasteiger partial charge in [0, 0.05) is 12.5 Å². The molecule has 2 fully saturated rings. The standard InChI is InChI=1S/C23H35N3O6/c1-22(2,3)32-21(31)24-16-11-8-6-4-5-7-10-15-14-23(15,20(29)30)25-18(27)17-12-9-13-26(17)19(16)28/h7,10,15-17H,4-6,8-9,11-14H2,1-3H3,(H,24,31)(H,25,27)(H,29,30)/b10-7-/t15-,16+,17+,23-/m1/s1. The molecule has 0 spiro atoms. The van der Waals surface area contributed by atoms with Gasteiger partial charge in [-0.2, -0.15) is 0 Å². The first-order chi connectivity index (χ1) is 15.0. The molecule has 3 N–H and O–H groups in total. The lowest BCUT2D eigenvalue weighted by Gasteiger charge is -2.30. The van der Waals surface area contributed by atoms with Crippen LogP contribution in [0.15, 0.2) is 12.2 Å². The van der Waals surface area contributed by atoms with Crippen LogP contribution in [0.25, 0.3) is 0 Å². The molecule has 9 nitrogen and oxygen atoms in total. The predicted molar refractivity (Wildman–Crippen MR) is 117 cm³/mol. The van der Waals surface area contributed by atoms with Gasteiger partial charge in [0.2, 0.25) is 11.8 Å². The highest BCUT2D eigenvalue weighted by atomic mass is 16.6. The summed E-state index contributed by atoms with van der Waals surface area (Å²) < 4.78 is 5.33. The van der Waals surface area contributed by atoms with Gasteiger partial charge in [0.1, 0.15) is 23.2 Å². The van der Waals surface area contributed by atoms with Gasteiger partial charge in [-0.25, -0.2) is 9.59 Å². The van der Waals surface area contributed by atoms with Crippen LogP contribution in [-0.4, -0.2) is 63.7 Å². The van der Waals surface area contributed by atoms with Crippen molar-refractivity contribution in [2.75, 3.05) is 6.54 Å². The highest BCUT2D eigenvalue weighted by Gasteiger charge is 2.61. The van der Waals surface area contributed by atoms with Crippen molar-refractivity contribution in [1.82, 2.24) is 15.5 Å². The van der Waals surface area contributed by atoms with Crippen LogP contribution < -0.4 is 10.6 Å². The highest BCUT2D eigenvalue weighted by Crippen LogP contribution is 2.45. The lowest BCUT2D eigenvalue weighted by atomic mass is 10.0. The van der Waals surface area contributed by atoms with Crippen LogP contribution in [0.2, 0.25) is 0 Å². The zero-order valence-electron chi connectivity index (χ0n) is 19.2. The van der Waals surface area contributed by atoms with Crippen LogP contribution in [0, 0.1) is 5.92 Å². The van der Waals surface area contributed by atoms with E-state index in [1.54, 1.807) is 20.8 Å². The molecule has 1 saturated carbocycles. The SMILES string of the molecule is CC(C)(C)OC(=O)N[C@H]1CCCCC/C=C\[C@@H]2C[C@@]2(C(=O)O)NC(=O)[C@@H]2CCCN2C1=O. The van der Waals surface area contributed by atoms with E-state index < -0.39 is 41.2 Å². The molecule has 0 bridgehead atoms. The maximum atomic E-state index is 13.4. The van der Waals surface area contributed by atoms with E-state index in [0.717, 1.165) is 25.7 Å². The molecule has 3 aliphatic rings. The third kappa shape index (κ3) is 5.61. The summed E-state index contributed by atoms with van der Waals surface area (Å²) in [5.41, 5.74) is -1.99. The van der Waals surface area contributed by atoms with Crippen molar-refractivity contribution in [3.63, 3.8) is 0 Å². The maximum absolute atomic E-state index is 13.4. The second-order valence-electron chi connectivity index (χ2n) is 10.0. The number of rotatable bonds is 2. The molecule has 0 aromatic rings. The molecule has 9 heteroatoms. The number of carboxylic acid groups (broad SMARTS) is 1. The van der Waals surface area contributed by atoms with E-state index >= 15 is 0 Å². The third-order valence-corrected chi connectivity index (χ3v) is 6.30. The van der Waals surface area contributed by atoms with Gasteiger partial charge in [-0.3, -0.25) is 9.59 Å². The first-order valence-electron chi connectivity index (χ1n) is 11.6. The summed E-state index contributed by atoms with van der Waals surface area (Å²) >= 11 is 0. The molecule has 0 radical (unpaired) electrons. The molecule has 3 amide bonds. The molecule has 4 atom stereocenters. The number of carboxylic acids is 1. The van der Waals surface area contributed by atoms with E-state index in [4.69, 9.17) is 4.74 Å². The Bertz CT molecular complexity index is 789. The minimum Gasteiger partial charge on any atom is -0.479 e. The van der Waals surface area contributed by atoms with Crippen molar-refractivity contribution in [2.45, 2.75) is 95.4 Å².